The molecule has 0 aliphatic heterocycles. The Labute approximate surface area is 95.6 Å². The number of hydrogen-bond donors (Lipinski definition) is 1. The van der Waals surface area contributed by atoms with Crippen LogP contribution in [0.25, 0.3) is 5.57 Å². The lowest BCUT2D eigenvalue weighted by Crippen LogP contribution is -2.08. The molecule has 0 atom stereocenters. The van der Waals surface area contributed by atoms with E-state index in [-0.39, 0.29) is 0 Å². The number of benzene rings is 1. The zero-order chi connectivity index (χ0) is 11.5. The van der Waals surface area contributed by atoms with Crippen molar-refractivity contribution < 1.29 is 9.90 Å². The lowest BCUT2D eigenvalue weighted by molar-refractivity contribution is -0.132. The fraction of sp³-hybridized carbons (Fsp3) is 0.357. The summed E-state index contributed by atoms with van der Waals surface area (Å²) in [4.78, 5) is 11.1. The van der Waals surface area contributed by atoms with Crippen LogP contribution in [0, 0.1) is 6.92 Å². The number of carboxylic acids is 1. The van der Waals surface area contributed by atoms with Gasteiger partial charge >= 0.3 is 5.97 Å². The van der Waals surface area contributed by atoms with Gasteiger partial charge in [0.2, 0.25) is 0 Å². The first-order chi connectivity index (χ1) is 7.68. The van der Waals surface area contributed by atoms with Gasteiger partial charge in [-0.3, -0.25) is 0 Å². The maximum Gasteiger partial charge on any atom is 0.331 e. The molecule has 0 saturated carbocycles. The van der Waals surface area contributed by atoms with Crippen molar-refractivity contribution >= 4 is 11.5 Å². The van der Waals surface area contributed by atoms with Crippen LogP contribution in [0.1, 0.15) is 36.8 Å². The number of aliphatic carboxylic acids is 1. The SMILES string of the molecule is Cc1ccc(C2=C(C(=O)O)CCCC2)cc1. The Morgan fingerprint density at radius 3 is 2.38 bits per heavy atom. The summed E-state index contributed by atoms with van der Waals surface area (Å²) in [5, 5.41) is 9.17. The summed E-state index contributed by atoms with van der Waals surface area (Å²) in [5.74, 6) is -0.754. The van der Waals surface area contributed by atoms with Crippen molar-refractivity contribution in [2.75, 3.05) is 0 Å². The fourth-order valence-corrected chi connectivity index (χ4v) is 2.21. The molecule has 0 heterocycles. The van der Waals surface area contributed by atoms with Gasteiger partial charge in [0.15, 0.2) is 0 Å². The molecule has 2 heteroatoms. The Morgan fingerprint density at radius 1 is 1.12 bits per heavy atom. The third kappa shape index (κ3) is 2.16. The number of allylic oxidation sites excluding steroid dienone is 1. The standard InChI is InChI=1S/C14H16O2/c1-10-6-8-11(9-7-10)12-4-2-3-5-13(12)14(15)16/h6-9H,2-5H2,1H3,(H,15,16). The minimum atomic E-state index is -0.754. The molecule has 0 spiro atoms. The van der Waals surface area contributed by atoms with E-state index in [4.69, 9.17) is 5.11 Å². The molecule has 16 heavy (non-hydrogen) atoms. The van der Waals surface area contributed by atoms with E-state index in [1.165, 1.54) is 5.56 Å². The lowest BCUT2D eigenvalue weighted by Gasteiger charge is -2.18. The van der Waals surface area contributed by atoms with Crippen LogP contribution in [0.5, 0.6) is 0 Å². The molecule has 0 amide bonds. The second kappa shape index (κ2) is 4.52. The average molecular weight is 216 g/mol. The van der Waals surface area contributed by atoms with E-state index in [0.29, 0.717) is 12.0 Å². The quantitative estimate of drug-likeness (QED) is 0.822. The van der Waals surface area contributed by atoms with Crippen LogP contribution in [0.3, 0.4) is 0 Å². The highest BCUT2D eigenvalue weighted by Gasteiger charge is 2.19. The van der Waals surface area contributed by atoms with Crippen LogP contribution in [0.4, 0.5) is 0 Å². The number of carbonyl (C=O) groups is 1. The number of rotatable bonds is 2. The Kier molecular flexibility index (Phi) is 3.09. The molecule has 0 saturated heterocycles. The molecule has 0 aromatic heterocycles. The summed E-state index contributed by atoms with van der Waals surface area (Å²) in [5.41, 5.74) is 3.91. The monoisotopic (exact) mass is 216 g/mol. The number of aryl methyl sites for hydroxylation is 1. The average Bonchev–Trinajstić information content (AvgIpc) is 2.30. The molecule has 2 rings (SSSR count). The first-order valence-corrected chi connectivity index (χ1v) is 5.71. The Hall–Kier alpha value is -1.57. The van der Waals surface area contributed by atoms with Gasteiger partial charge in [-0.05, 0) is 43.7 Å². The van der Waals surface area contributed by atoms with Gasteiger partial charge in [-0.2, -0.15) is 0 Å². The third-order valence-corrected chi connectivity index (χ3v) is 3.13. The molecule has 0 bridgehead atoms. The van der Waals surface area contributed by atoms with E-state index in [0.717, 1.165) is 30.4 Å². The molecule has 0 radical (unpaired) electrons. The largest absolute Gasteiger partial charge is 0.478 e. The Morgan fingerprint density at radius 2 is 1.75 bits per heavy atom. The minimum absolute atomic E-state index is 0.607. The van der Waals surface area contributed by atoms with Crippen molar-refractivity contribution in [2.45, 2.75) is 32.6 Å². The van der Waals surface area contributed by atoms with E-state index in [9.17, 15) is 4.79 Å². The summed E-state index contributed by atoms with van der Waals surface area (Å²) in [7, 11) is 0. The smallest absolute Gasteiger partial charge is 0.331 e. The van der Waals surface area contributed by atoms with Gasteiger partial charge < -0.3 is 5.11 Å². The predicted octanol–water partition coefficient (Wildman–Crippen LogP) is 3.41. The first kappa shape index (κ1) is 10.9. The van der Waals surface area contributed by atoms with Crippen LogP contribution in [-0.2, 0) is 4.79 Å². The van der Waals surface area contributed by atoms with Crippen molar-refractivity contribution in [1.29, 1.82) is 0 Å². The minimum Gasteiger partial charge on any atom is -0.478 e. The molecule has 1 aliphatic carbocycles. The van der Waals surface area contributed by atoms with Crippen molar-refractivity contribution in [1.82, 2.24) is 0 Å². The molecular formula is C14H16O2. The van der Waals surface area contributed by atoms with Crippen LogP contribution in [-0.4, -0.2) is 11.1 Å². The molecule has 1 aromatic carbocycles. The Balaban J connectivity index is 2.43. The molecule has 1 aromatic rings. The summed E-state index contributed by atoms with van der Waals surface area (Å²) in [6, 6.07) is 8.13. The van der Waals surface area contributed by atoms with Gasteiger partial charge in [0.1, 0.15) is 0 Å². The molecular weight excluding hydrogens is 200 g/mol. The van der Waals surface area contributed by atoms with Crippen LogP contribution in [0.15, 0.2) is 29.8 Å². The fourth-order valence-electron chi connectivity index (χ4n) is 2.21. The molecule has 0 fully saturated rings. The summed E-state index contributed by atoms with van der Waals surface area (Å²) < 4.78 is 0. The van der Waals surface area contributed by atoms with Crippen molar-refractivity contribution in [3.8, 4) is 0 Å². The molecule has 0 unspecified atom stereocenters. The van der Waals surface area contributed by atoms with E-state index >= 15 is 0 Å². The Bertz CT molecular complexity index is 427. The highest BCUT2D eigenvalue weighted by molar-refractivity contribution is 5.96. The molecule has 1 aliphatic rings. The zero-order valence-corrected chi connectivity index (χ0v) is 9.49. The van der Waals surface area contributed by atoms with Gasteiger partial charge in [-0.25, -0.2) is 4.79 Å². The van der Waals surface area contributed by atoms with E-state index < -0.39 is 5.97 Å². The number of hydrogen-bond acceptors (Lipinski definition) is 1. The van der Waals surface area contributed by atoms with Crippen molar-refractivity contribution in [3.05, 3.63) is 41.0 Å². The lowest BCUT2D eigenvalue weighted by atomic mass is 9.87. The highest BCUT2D eigenvalue weighted by Crippen LogP contribution is 2.32. The summed E-state index contributed by atoms with van der Waals surface area (Å²) >= 11 is 0. The van der Waals surface area contributed by atoms with Gasteiger partial charge in [-0.15, -0.1) is 0 Å². The van der Waals surface area contributed by atoms with Gasteiger partial charge in [0, 0.05) is 5.57 Å². The van der Waals surface area contributed by atoms with Crippen LogP contribution < -0.4 is 0 Å². The topological polar surface area (TPSA) is 37.3 Å². The second-order valence-corrected chi connectivity index (χ2v) is 4.34. The van der Waals surface area contributed by atoms with E-state index in [2.05, 4.69) is 0 Å². The van der Waals surface area contributed by atoms with Crippen molar-refractivity contribution in [3.63, 3.8) is 0 Å². The van der Waals surface area contributed by atoms with Crippen LogP contribution in [0.2, 0.25) is 0 Å². The maximum atomic E-state index is 11.1. The van der Waals surface area contributed by atoms with Crippen molar-refractivity contribution in [2.24, 2.45) is 0 Å². The third-order valence-electron chi connectivity index (χ3n) is 3.13. The van der Waals surface area contributed by atoms with Crippen LogP contribution >= 0.6 is 0 Å². The molecule has 1 N–H and O–H groups in total. The second-order valence-electron chi connectivity index (χ2n) is 4.34. The van der Waals surface area contributed by atoms with Gasteiger partial charge in [0.05, 0.1) is 0 Å². The predicted molar refractivity (Wildman–Crippen MR) is 64.2 cm³/mol. The molecule has 2 nitrogen and oxygen atoms in total. The zero-order valence-electron chi connectivity index (χ0n) is 9.49. The summed E-state index contributed by atoms with van der Waals surface area (Å²) in [6.45, 7) is 2.04. The number of carboxylic acid groups (broad SMARTS) is 1. The normalized spacial score (nSPS) is 16.3. The van der Waals surface area contributed by atoms with E-state index in [1.54, 1.807) is 0 Å². The maximum absolute atomic E-state index is 11.1. The highest BCUT2D eigenvalue weighted by atomic mass is 16.4. The van der Waals surface area contributed by atoms with Gasteiger partial charge in [0.25, 0.3) is 0 Å². The van der Waals surface area contributed by atoms with Gasteiger partial charge in [-0.1, -0.05) is 29.8 Å². The molecule has 84 valence electrons. The first-order valence-electron chi connectivity index (χ1n) is 5.71. The van der Waals surface area contributed by atoms with E-state index in [1.807, 2.05) is 31.2 Å². The summed E-state index contributed by atoms with van der Waals surface area (Å²) in [6.07, 6.45) is 3.69.